The van der Waals surface area contributed by atoms with Crippen LogP contribution >= 0.6 is 0 Å². The second-order valence-corrected chi connectivity index (χ2v) is 6.83. The minimum atomic E-state index is -3.40. The molecule has 1 fully saturated rings. The molecule has 112 valence electrons. The molecule has 2 rings (SSSR count). The zero-order valence-corrected chi connectivity index (χ0v) is 12.8. The van der Waals surface area contributed by atoms with Gasteiger partial charge < -0.3 is 10.1 Å². The molecule has 0 radical (unpaired) electrons. The summed E-state index contributed by atoms with van der Waals surface area (Å²) in [6.45, 7) is 3.60. The van der Waals surface area contributed by atoms with Gasteiger partial charge in [-0.15, -0.1) is 0 Å². The summed E-state index contributed by atoms with van der Waals surface area (Å²) in [5.41, 5.74) is 0. The SMILES string of the molecule is CCOc1ccc(S(=O)(=O)N2CCCC(NC)C2)cc1. The van der Waals surface area contributed by atoms with Gasteiger partial charge in [-0.1, -0.05) is 0 Å². The fourth-order valence-electron chi connectivity index (χ4n) is 2.42. The summed E-state index contributed by atoms with van der Waals surface area (Å²) in [6, 6.07) is 6.87. The van der Waals surface area contributed by atoms with Gasteiger partial charge in [-0.05, 0) is 51.1 Å². The smallest absolute Gasteiger partial charge is 0.243 e. The first-order valence-corrected chi connectivity index (χ1v) is 8.42. The molecule has 5 nitrogen and oxygen atoms in total. The van der Waals surface area contributed by atoms with Crippen molar-refractivity contribution >= 4 is 10.0 Å². The molecule has 20 heavy (non-hydrogen) atoms. The number of rotatable bonds is 5. The minimum absolute atomic E-state index is 0.237. The second kappa shape index (κ2) is 6.56. The van der Waals surface area contributed by atoms with Crippen LogP contribution in [0.2, 0.25) is 0 Å². The molecule has 1 aliphatic rings. The lowest BCUT2D eigenvalue weighted by Crippen LogP contribution is -2.46. The third kappa shape index (κ3) is 3.31. The highest BCUT2D eigenvalue weighted by Gasteiger charge is 2.29. The van der Waals surface area contributed by atoms with Crippen molar-refractivity contribution in [2.75, 3.05) is 26.7 Å². The van der Waals surface area contributed by atoms with E-state index in [1.165, 1.54) is 0 Å². The molecule has 1 unspecified atom stereocenters. The Labute approximate surface area is 121 Å². The number of nitrogens with zero attached hydrogens (tertiary/aromatic N) is 1. The van der Waals surface area contributed by atoms with Gasteiger partial charge in [0, 0.05) is 19.1 Å². The molecule has 1 aromatic rings. The Morgan fingerprint density at radius 3 is 2.65 bits per heavy atom. The van der Waals surface area contributed by atoms with E-state index in [0.29, 0.717) is 30.3 Å². The lowest BCUT2D eigenvalue weighted by atomic mass is 10.1. The number of nitrogens with one attached hydrogen (secondary N) is 1. The Balaban J connectivity index is 2.16. The summed E-state index contributed by atoms with van der Waals surface area (Å²) in [5.74, 6) is 0.693. The summed E-state index contributed by atoms with van der Waals surface area (Å²) in [6.07, 6.45) is 1.91. The van der Waals surface area contributed by atoms with Crippen molar-refractivity contribution in [3.05, 3.63) is 24.3 Å². The van der Waals surface area contributed by atoms with Gasteiger partial charge in [0.25, 0.3) is 0 Å². The van der Waals surface area contributed by atoms with Crippen LogP contribution in [-0.2, 0) is 10.0 Å². The fraction of sp³-hybridized carbons (Fsp3) is 0.571. The third-order valence-corrected chi connectivity index (χ3v) is 5.44. The predicted octanol–water partition coefficient (Wildman–Crippen LogP) is 1.46. The van der Waals surface area contributed by atoms with Crippen LogP contribution in [-0.4, -0.2) is 45.5 Å². The van der Waals surface area contributed by atoms with Crippen LogP contribution in [0, 0.1) is 0 Å². The lowest BCUT2D eigenvalue weighted by molar-refractivity contribution is 0.293. The van der Waals surface area contributed by atoms with Crippen LogP contribution in [0.4, 0.5) is 0 Å². The van der Waals surface area contributed by atoms with E-state index in [2.05, 4.69) is 5.32 Å². The van der Waals surface area contributed by atoms with Crippen molar-refractivity contribution in [2.24, 2.45) is 0 Å². The Hall–Kier alpha value is -1.11. The summed E-state index contributed by atoms with van der Waals surface area (Å²) < 4.78 is 32.0. The van der Waals surface area contributed by atoms with Crippen molar-refractivity contribution in [2.45, 2.75) is 30.7 Å². The van der Waals surface area contributed by atoms with Crippen LogP contribution in [0.1, 0.15) is 19.8 Å². The maximum atomic E-state index is 12.6. The van der Waals surface area contributed by atoms with Gasteiger partial charge in [-0.3, -0.25) is 0 Å². The Kier molecular flexibility index (Phi) is 5.01. The number of benzene rings is 1. The molecule has 0 saturated carbocycles. The van der Waals surface area contributed by atoms with Gasteiger partial charge in [0.15, 0.2) is 0 Å². The molecule has 1 atom stereocenters. The topological polar surface area (TPSA) is 58.6 Å². The van der Waals surface area contributed by atoms with Gasteiger partial charge in [0.2, 0.25) is 10.0 Å². The zero-order valence-electron chi connectivity index (χ0n) is 12.0. The fourth-order valence-corrected chi connectivity index (χ4v) is 3.94. The van der Waals surface area contributed by atoms with E-state index in [0.717, 1.165) is 12.8 Å². The van der Waals surface area contributed by atoms with Gasteiger partial charge in [-0.2, -0.15) is 4.31 Å². The number of likely N-dealkylation sites (N-methyl/N-ethyl adjacent to an activating group) is 1. The quantitative estimate of drug-likeness (QED) is 0.894. The monoisotopic (exact) mass is 298 g/mol. The minimum Gasteiger partial charge on any atom is -0.494 e. The highest BCUT2D eigenvalue weighted by atomic mass is 32.2. The van der Waals surface area contributed by atoms with Crippen LogP contribution < -0.4 is 10.1 Å². The molecule has 6 heteroatoms. The van der Waals surface area contributed by atoms with E-state index >= 15 is 0 Å². The van der Waals surface area contributed by atoms with Crippen LogP contribution in [0.25, 0.3) is 0 Å². The normalized spacial score (nSPS) is 20.8. The third-order valence-electron chi connectivity index (χ3n) is 3.56. The van der Waals surface area contributed by atoms with E-state index in [1.807, 2.05) is 14.0 Å². The first kappa shape index (κ1) is 15.3. The molecule has 1 aliphatic heterocycles. The summed E-state index contributed by atoms with van der Waals surface area (Å²) in [5, 5.41) is 3.16. The van der Waals surface area contributed by atoms with Gasteiger partial charge >= 0.3 is 0 Å². The largest absolute Gasteiger partial charge is 0.494 e. The summed E-state index contributed by atoms with van der Waals surface area (Å²) >= 11 is 0. The molecule has 0 aliphatic carbocycles. The van der Waals surface area contributed by atoms with Gasteiger partial charge in [0.05, 0.1) is 11.5 Å². The molecule has 1 N–H and O–H groups in total. The molecular weight excluding hydrogens is 276 g/mol. The molecule has 1 heterocycles. The van der Waals surface area contributed by atoms with E-state index in [1.54, 1.807) is 28.6 Å². The van der Waals surface area contributed by atoms with Crippen molar-refractivity contribution in [1.82, 2.24) is 9.62 Å². The predicted molar refractivity (Wildman–Crippen MR) is 78.5 cm³/mol. The van der Waals surface area contributed by atoms with Crippen LogP contribution in [0.5, 0.6) is 5.75 Å². The molecule has 1 saturated heterocycles. The van der Waals surface area contributed by atoms with Gasteiger partial charge in [-0.25, -0.2) is 8.42 Å². The molecule has 0 aromatic heterocycles. The maximum absolute atomic E-state index is 12.6. The van der Waals surface area contributed by atoms with Crippen LogP contribution in [0.3, 0.4) is 0 Å². The van der Waals surface area contributed by atoms with Crippen LogP contribution in [0.15, 0.2) is 29.2 Å². The maximum Gasteiger partial charge on any atom is 0.243 e. The number of hydrogen-bond donors (Lipinski definition) is 1. The zero-order chi connectivity index (χ0) is 14.6. The van der Waals surface area contributed by atoms with E-state index in [4.69, 9.17) is 4.74 Å². The second-order valence-electron chi connectivity index (χ2n) is 4.90. The summed E-state index contributed by atoms with van der Waals surface area (Å²) in [4.78, 5) is 0.331. The average molecular weight is 298 g/mol. The molecule has 0 bridgehead atoms. The Morgan fingerprint density at radius 2 is 2.05 bits per heavy atom. The molecule has 1 aromatic carbocycles. The van der Waals surface area contributed by atoms with Gasteiger partial charge in [0.1, 0.15) is 5.75 Å². The standard InChI is InChI=1S/C14H22N2O3S/c1-3-19-13-6-8-14(9-7-13)20(17,18)16-10-4-5-12(11-16)15-2/h6-9,12,15H,3-5,10-11H2,1-2H3. The van der Waals surface area contributed by atoms with Crippen molar-refractivity contribution in [1.29, 1.82) is 0 Å². The number of ether oxygens (including phenoxy) is 1. The highest BCUT2D eigenvalue weighted by Crippen LogP contribution is 2.22. The van der Waals surface area contributed by atoms with Crippen molar-refractivity contribution < 1.29 is 13.2 Å². The molecule has 0 amide bonds. The highest BCUT2D eigenvalue weighted by molar-refractivity contribution is 7.89. The molecular formula is C14H22N2O3S. The number of hydrogen-bond acceptors (Lipinski definition) is 4. The molecule has 0 spiro atoms. The Morgan fingerprint density at radius 1 is 1.35 bits per heavy atom. The average Bonchev–Trinajstić information content (AvgIpc) is 2.48. The first-order valence-electron chi connectivity index (χ1n) is 6.98. The first-order chi connectivity index (χ1) is 9.57. The van der Waals surface area contributed by atoms with E-state index in [-0.39, 0.29) is 6.04 Å². The summed E-state index contributed by atoms with van der Waals surface area (Å²) in [7, 11) is -1.53. The van der Waals surface area contributed by atoms with Crippen molar-refractivity contribution in [3.8, 4) is 5.75 Å². The number of piperidine rings is 1. The van der Waals surface area contributed by atoms with E-state index < -0.39 is 10.0 Å². The lowest BCUT2D eigenvalue weighted by Gasteiger charge is -2.31. The number of sulfonamides is 1. The Bertz CT molecular complexity index is 528. The van der Waals surface area contributed by atoms with Crippen molar-refractivity contribution in [3.63, 3.8) is 0 Å². The van der Waals surface area contributed by atoms with E-state index in [9.17, 15) is 8.42 Å².